The van der Waals surface area contributed by atoms with Gasteiger partial charge in [-0.1, -0.05) is 37.3 Å². The second-order valence-electron chi connectivity index (χ2n) is 6.16. The number of hydrogen-bond donors (Lipinski definition) is 1. The first-order chi connectivity index (χ1) is 12.6. The van der Waals surface area contributed by atoms with Gasteiger partial charge in [0.1, 0.15) is 5.58 Å². The number of anilines is 1. The number of amides is 1. The molecule has 0 saturated heterocycles. The summed E-state index contributed by atoms with van der Waals surface area (Å²) in [6.07, 6.45) is 2.43. The van der Waals surface area contributed by atoms with Crippen molar-refractivity contribution < 1.29 is 18.7 Å². The second-order valence-corrected chi connectivity index (χ2v) is 6.16. The minimum Gasteiger partial charge on any atom is -0.464 e. The minimum atomic E-state index is -0.466. The van der Waals surface area contributed by atoms with Gasteiger partial charge in [0.05, 0.1) is 12.7 Å². The number of furan rings is 1. The molecule has 0 aliphatic heterocycles. The molecule has 3 aromatic rings. The molecule has 0 saturated carbocycles. The summed E-state index contributed by atoms with van der Waals surface area (Å²) in [4.78, 5) is 24.1. The molecule has 0 atom stereocenters. The fraction of sp³-hybridized carbons (Fsp3) is 0.238. The third-order valence-electron chi connectivity index (χ3n) is 4.18. The van der Waals surface area contributed by atoms with E-state index in [1.54, 1.807) is 6.26 Å². The van der Waals surface area contributed by atoms with E-state index in [0.717, 1.165) is 39.8 Å². The topological polar surface area (TPSA) is 68.5 Å². The molecule has 0 spiro atoms. The van der Waals surface area contributed by atoms with Gasteiger partial charge in [-0.15, -0.1) is 0 Å². The quantitative estimate of drug-likeness (QED) is 0.681. The van der Waals surface area contributed by atoms with Gasteiger partial charge < -0.3 is 14.5 Å². The molecule has 134 valence electrons. The highest BCUT2D eigenvalue weighted by Crippen LogP contribution is 2.23. The van der Waals surface area contributed by atoms with Gasteiger partial charge in [-0.2, -0.15) is 0 Å². The lowest BCUT2D eigenvalue weighted by Gasteiger charge is -2.10. The summed E-state index contributed by atoms with van der Waals surface area (Å²) in [5.41, 5.74) is 4.35. The van der Waals surface area contributed by atoms with Crippen molar-refractivity contribution in [3.8, 4) is 0 Å². The Balaban J connectivity index is 1.55. The van der Waals surface area contributed by atoms with Gasteiger partial charge in [-0.05, 0) is 36.6 Å². The summed E-state index contributed by atoms with van der Waals surface area (Å²) >= 11 is 0. The van der Waals surface area contributed by atoms with Crippen molar-refractivity contribution in [3.05, 3.63) is 65.4 Å². The first kappa shape index (κ1) is 17.7. The average Bonchev–Trinajstić information content (AvgIpc) is 3.02. The zero-order valence-corrected chi connectivity index (χ0v) is 14.9. The number of ether oxygens (including phenoxy) is 1. The average molecular weight is 351 g/mol. The van der Waals surface area contributed by atoms with Crippen LogP contribution in [0.25, 0.3) is 11.0 Å². The number of carbonyl (C=O) groups is 2. The predicted octanol–water partition coefficient (Wildman–Crippen LogP) is 4.03. The molecule has 26 heavy (non-hydrogen) atoms. The third-order valence-corrected chi connectivity index (χ3v) is 4.18. The number of hydrogen-bond acceptors (Lipinski definition) is 4. The Morgan fingerprint density at radius 3 is 2.73 bits per heavy atom. The highest BCUT2D eigenvalue weighted by molar-refractivity contribution is 5.94. The number of nitrogens with one attached hydrogen (secondary N) is 1. The Bertz CT molecular complexity index is 942. The lowest BCUT2D eigenvalue weighted by Crippen LogP contribution is -2.22. The lowest BCUT2D eigenvalue weighted by atomic mass is 10.1. The maximum absolute atomic E-state index is 12.1. The van der Waals surface area contributed by atoms with E-state index in [2.05, 4.69) is 5.32 Å². The van der Waals surface area contributed by atoms with Crippen molar-refractivity contribution in [2.75, 3.05) is 11.9 Å². The maximum atomic E-state index is 12.1. The predicted molar refractivity (Wildman–Crippen MR) is 100 cm³/mol. The van der Waals surface area contributed by atoms with Crippen LogP contribution >= 0.6 is 0 Å². The molecule has 0 fully saturated rings. The number of esters is 1. The largest absolute Gasteiger partial charge is 0.464 e. The zero-order valence-electron chi connectivity index (χ0n) is 14.9. The fourth-order valence-electron chi connectivity index (χ4n) is 2.82. The highest BCUT2D eigenvalue weighted by atomic mass is 16.5. The Labute approximate surface area is 152 Å². The molecule has 5 heteroatoms. The van der Waals surface area contributed by atoms with Crippen LogP contribution in [0.4, 0.5) is 5.69 Å². The van der Waals surface area contributed by atoms with E-state index in [0.29, 0.717) is 0 Å². The van der Waals surface area contributed by atoms with Crippen LogP contribution in [-0.2, 0) is 27.2 Å². The maximum Gasteiger partial charge on any atom is 0.310 e. The zero-order chi connectivity index (χ0) is 18.5. The van der Waals surface area contributed by atoms with E-state index in [1.807, 2.05) is 56.3 Å². The van der Waals surface area contributed by atoms with Gasteiger partial charge in [0.2, 0.25) is 0 Å². The summed E-state index contributed by atoms with van der Waals surface area (Å²) in [7, 11) is 0. The van der Waals surface area contributed by atoms with Crippen LogP contribution in [0.1, 0.15) is 23.6 Å². The van der Waals surface area contributed by atoms with E-state index < -0.39 is 5.97 Å². The SMILES string of the molecule is CCc1ccccc1NC(=O)COC(=O)Cc1coc2cc(C)ccc12. The van der Waals surface area contributed by atoms with E-state index in [1.165, 1.54) is 0 Å². The van der Waals surface area contributed by atoms with Gasteiger partial charge in [0, 0.05) is 16.6 Å². The van der Waals surface area contributed by atoms with Crippen LogP contribution < -0.4 is 5.32 Å². The van der Waals surface area contributed by atoms with Crippen molar-refractivity contribution >= 4 is 28.5 Å². The van der Waals surface area contributed by atoms with Crippen LogP contribution in [0.3, 0.4) is 0 Å². The van der Waals surface area contributed by atoms with Crippen molar-refractivity contribution in [1.29, 1.82) is 0 Å². The molecule has 1 amide bonds. The van der Waals surface area contributed by atoms with Crippen molar-refractivity contribution in [3.63, 3.8) is 0 Å². The standard InChI is InChI=1S/C21H21NO4/c1-3-15-6-4-5-7-18(15)22-20(23)13-26-21(24)11-16-12-25-19-10-14(2)8-9-17(16)19/h4-10,12H,3,11,13H2,1-2H3,(H,22,23). The Morgan fingerprint density at radius 1 is 1.12 bits per heavy atom. The van der Waals surface area contributed by atoms with Gasteiger partial charge >= 0.3 is 5.97 Å². The van der Waals surface area contributed by atoms with Crippen molar-refractivity contribution in [2.24, 2.45) is 0 Å². The van der Waals surface area contributed by atoms with Crippen LogP contribution in [-0.4, -0.2) is 18.5 Å². The first-order valence-corrected chi connectivity index (χ1v) is 8.57. The molecular formula is C21H21NO4. The third kappa shape index (κ3) is 4.11. The van der Waals surface area contributed by atoms with Crippen LogP contribution in [0.2, 0.25) is 0 Å². The van der Waals surface area contributed by atoms with Crippen molar-refractivity contribution in [1.82, 2.24) is 0 Å². The normalized spacial score (nSPS) is 10.7. The Kier molecular flexibility index (Phi) is 5.37. The number of carbonyl (C=O) groups excluding carboxylic acids is 2. The molecule has 0 unspecified atom stereocenters. The number of rotatable bonds is 6. The smallest absolute Gasteiger partial charge is 0.310 e. The minimum absolute atomic E-state index is 0.0644. The molecule has 0 aliphatic carbocycles. The van der Waals surface area contributed by atoms with Crippen LogP contribution in [0.15, 0.2) is 53.1 Å². The lowest BCUT2D eigenvalue weighted by molar-refractivity contribution is -0.146. The first-order valence-electron chi connectivity index (χ1n) is 8.57. The van der Waals surface area contributed by atoms with Gasteiger partial charge in [0.25, 0.3) is 5.91 Å². The molecule has 1 heterocycles. The summed E-state index contributed by atoms with van der Waals surface area (Å²) in [6, 6.07) is 13.4. The Hall–Kier alpha value is -3.08. The second kappa shape index (κ2) is 7.87. The molecule has 0 aliphatic rings. The molecule has 3 rings (SSSR count). The molecule has 5 nitrogen and oxygen atoms in total. The molecule has 1 aromatic heterocycles. The number of para-hydroxylation sites is 1. The fourth-order valence-corrected chi connectivity index (χ4v) is 2.82. The van der Waals surface area contributed by atoms with Crippen molar-refractivity contribution in [2.45, 2.75) is 26.7 Å². The van der Waals surface area contributed by atoms with E-state index in [4.69, 9.17) is 9.15 Å². The monoisotopic (exact) mass is 351 g/mol. The summed E-state index contributed by atoms with van der Waals surface area (Å²) in [6.45, 7) is 3.68. The summed E-state index contributed by atoms with van der Waals surface area (Å²) in [5.74, 6) is -0.820. The summed E-state index contributed by atoms with van der Waals surface area (Å²) in [5, 5.41) is 3.66. The molecule has 1 N–H and O–H groups in total. The highest BCUT2D eigenvalue weighted by Gasteiger charge is 2.13. The van der Waals surface area contributed by atoms with E-state index >= 15 is 0 Å². The van der Waals surface area contributed by atoms with Gasteiger partial charge in [-0.3, -0.25) is 9.59 Å². The number of fused-ring (bicyclic) bond motifs is 1. The number of benzene rings is 2. The van der Waals surface area contributed by atoms with E-state index in [9.17, 15) is 9.59 Å². The number of aryl methyl sites for hydroxylation is 2. The molecule has 0 bridgehead atoms. The molecule has 0 radical (unpaired) electrons. The van der Waals surface area contributed by atoms with Gasteiger partial charge in [-0.25, -0.2) is 0 Å². The Morgan fingerprint density at radius 2 is 1.92 bits per heavy atom. The molecule has 2 aromatic carbocycles. The van der Waals surface area contributed by atoms with Crippen LogP contribution in [0.5, 0.6) is 0 Å². The van der Waals surface area contributed by atoms with Crippen LogP contribution in [0, 0.1) is 6.92 Å². The molecular weight excluding hydrogens is 330 g/mol. The van der Waals surface area contributed by atoms with E-state index in [-0.39, 0.29) is 18.9 Å². The summed E-state index contributed by atoms with van der Waals surface area (Å²) < 4.78 is 10.6. The van der Waals surface area contributed by atoms with Gasteiger partial charge in [0.15, 0.2) is 6.61 Å².